The maximum Gasteiger partial charge on any atom is 0.0991 e. The second-order valence-corrected chi connectivity index (χ2v) is 14.5. The van der Waals surface area contributed by atoms with Crippen molar-refractivity contribution in [3.05, 3.63) is 216 Å². The smallest absolute Gasteiger partial charge is 0.0991 e. The van der Waals surface area contributed by atoms with Gasteiger partial charge in [0.2, 0.25) is 0 Å². The second kappa shape index (κ2) is 12.7. The lowest BCUT2D eigenvalue weighted by molar-refractivity contribution is 0.374. The summed E-state index contributed by atoms with van der Waals surface area (Å²) in [6.07, 6.45) is 9.19. The third-order valence-corrected chi connectivity index (χ3v) is 11.7. The van der Waals surface area contributed by atoms with Gasteiger partial charge in [-0.3, -0.25) is 0 Å². The number of nitrogens with zero attached hydrogens (tertiary/aromatic N) is 3. The highest BCUT2D eigenvalue weighted by Crippen LogP contribution is 2.59. The Labute approximate surface area is 316 Å². The molecule has 0 N–H and O–H groups in total. The van der Waals surface area contributed by atoms with Crippen molar-refractivity contribution < 1.29 is 0 Å². The van der Waals surface area contributed by atoms with Gasteiger partial charge in [0.05, 0.1) is 28.1 Å². The summed E-state index contributed by atoms with van der Waals surface area (Å²) in [5.74, 6) is 0.517. The van der Waals surface area contributed by atoms with Crippen LogP contribution in [0.4, 0.5) is 17.1 Å². The molecule has 0 saturated carbocycles. The van der Waals surface area contributed by atoms with Crippen LogP contribution in [0.25, 0.3) is 38.6 Å². The second-order valence-electron chi connectivity index (χ2n) is 14.5. The van der Waals surface area contributed by atoms with Gasteiger partial charge < -0.3 is 9.47 Å². The van der Waals surface area contributed by atoms with Crippen molar-refractivity contribution in [3.8, 4) is 22.9 Å². The molecule has 1 aromatic heterocycles. The Morgan fingerprint density at radius 2 is 1.19 bits per heavy atom. The zero-order chi connectivity index (χ0) is 36.2. The van der Waals surface area contributed by atoms with Gasteiger partial charge in [-0.05, 0) is 107 Å². The minimum absolute atomic E-state index is 0.200. The van der Waals surface area contributed by atoms with E-state index in [9.17, 15) is 5.26 Å². The summed E-state index contributed by atoms with van der Waals surface area (Å²) in [7, 11) is 0. The topological polar surface area (TPSA) is 32.0 Å². The van der Waals surface area contributed by atoms with Gasteiger partial charge in [0, 0.05) is 39.4 Å². The molecule has 256 valence electrons. The number of nitriles is 1. The maximum atomic E-state index is 9.74. The van der Waals surface area contributed by atoms with E-state index in [-0.39, 0.29) is 5.92 Å². The molecule has 1 heterocycles. The maximum absolute atomic E-state index is 9.74. The summed E-state index contributed by atoms with van der Waals surface area (Å²) in [5.41, 5.74) is 13.3. The molecule has 10 rings (SSSR count). The molecule has 3 nitrogen and oxygen atoms in total. The first-order valence-electron chi connectivity index (χ1n) is 18.7. The summed E-state index contributed by atoms with van der Waals surface area (Å²) < 4.78 is 2.36. The van der Waals surface area contributed by atoms with E-state index < -0.39 is 5.41 Å². The van der Waals surface area contributed by atoms with E-state index in [1.54, 1.807) is 0 Å². The van der Waals surface area contributed by atoms with Gasteiger partial charge in [0.25, 0.3) is 0 Å². The quantitative estimate of drug-likeness (QED) is 0.174. The van der Waals surface area contributed by atoms with Crippen molar-refractivity contribution in [2.45, 2.75) is 12.3 Å². The number of hydrogen-bond acceptors (Lipinski definition) is 2. The largest absolute Gasteiger partial charge is 0.310 e. The van der Waals surface area contributed by atoms with E-state index in [2.05, 4.69) is 204 Å². The molecule has 0 radical (unpaired) electrons. The molecule has 54 heavy (non-hydrogen) atoms. The molecular weight excluding hydrogens is 655 g/mol. The number of para-hydroxylation sites is 2. The van der Waals surface area contributed by atoms with E-state index in [1.165, 1.54) is 44.1 Å². The molecule has 3 heteroatoms. The first kappa shape index (κ1) is 31.8. The Bertz CT molecular complexity index is 2800. The van der Waals surface area contributed by atoms with E-state index >= 15 is 0 Å². The summed E-state index contributed by atoms with van der Waals surface area (Å²) >= 11 is 0. The highest BCUT2D eigenvalue weighted by atomic mass is 15.1. The first-order chi connectivity index (χ1) is 26.7. The summed E-state index contributed by atoms with van der Waals surface area (Å²) in [6, 6.07) is 63.5. The van der Waals surface area contributed by atoms with Crippen LogP contribution < -0.4 is 4.90 Å². The molecule has 3 atom stereocenters. The standard InChI is InChI=1S/C51H37N3/c1-35-14-8-11-21-46(35)51(37-15-4-2-5-16-37)47-22-12-9-19-42(47)43-30-28-41(33-48(43)51)53(39-26-24-36(34-52)25-27-39)40-29-31-50-45(32-40)44-20-10-13-23-49(44)54(50)38-17-6-3-7-18-38/h2-33,35,46H,1H3. The minimum Gasteiger partial charge on any atom is -0.310 e. The number of fused-ring (bicyclic) bond motifs is 6. The third-order valence-electron chi connectivity index (χ3n) is 11.7. The van der Waals surface area contributed by atoms with Crippen molar-refractivity contribution in [2.24, 2.45) is 11.8 Å². The van der Waals surface area contributed by atoms with Crippen LogP contribution in [0, 0.1) is 23.2 Å². The van der Waals surface area contributed by atoms with Crippen LogP contribution in [0.1, 0.15) is 29.2 Å². The number of benzene rings is 7. The fourth-order valence-electron chi connectivity index (χ4n) is 9.35. The minimum atomic E-state index is -0.409. The Morgan fingerprint density at radius 3 is 1.98 bits per heavy atom. The van der Waals surface area contributed by atoms with E-state index in [0.29, 0.717) is 11.5 Å². The monoisotopic (exact) mass is 691 g/mol. The highest BCUT2D eigenvalue weighted by molar-refractivity contribution is 6.10. The molecule has 0 aliphatic heterocycles. The summed E-state index contributed by atoms with van der Waals surface area (Å²) in [4.78, 5) is 2.36. The van der Waals surface area contributed by atoms with Crippen LogP contribution in [-0.2, 0) is 5.41 Å². The number of allylic oxidation sites excluding steroid dienone is 4. The zero-order valence-electron chi connectivity index (χ0n) is 30.0. The summed E-state index contributed by atoms with van der Waals surface area (Å²) in [6.45, 7) is 2.35. The summed E-state index contributed by atoms with van der Waals surface area (Å²) in [5, 5.41) is 12.1. The van der Waals surface area contributed by atoms with Gasteiger partial charge in [-0.2, -0.15) is 5.26 Å². The average molecular weight is 692 g/mol. The number of hydrogen-bond donors (Lipinski definition) is 0. The van der Waals surface area contributed by atoms with Crippen LogP contribution in [0.5, 0.6) is 0 Å². The molecule has 0 spiro atoms. The number of aromatic nitrogens is 1. The van der Waals surface area contributed by atoms with Gasteiger partial charge in [-0.1, -0.05) is 128 Å². The average Bonchev–Trinajstić information content (AvgIpc) is 3.72. The molecule has 8 aromatic rings. The fraction of sp³-hybridized carbons (Fsp3) is 0.0784. The van der Waals surface area contributed by atoms with Crippen molar-refractivity contribution in [1.82, 2.24) is 4.57 Å². The Balaban J connectivity index is 1.24. The van der Waals surface area contributed by atoms with Crippen LogP contribution in [0.2, 0.25) is 0 Å². The van der Waals surface area contributed by atoms with Crippen molar-refractivity contribution in [3.63, 3.8) is 0 Å². The lowest BCUT2D eigenvalue weighted by atomic mass is 9.60. The molecule has 2 aliphatic rings. The van der Waals surface area contributed by atoms with Crippen molar-refractivity contribution >= 4 is 38.9 Å². The van der Waals surface area contributed by atoms with Crippen molar-refractivity contribution in [2.75, 3.05) is 4.90 Å². The molecule has 0 saturated heterocycles. The van der Waals surface area contributed by atoms with E-state index in [1.807, 2.05) is 12.1 Å². The molecule has 2 aliphatic carbocycles. The van der Waals surface area contributed by atoms with Crippen molar-refractivity contribution in [1.29, 1.82) is 5.26 Å². The van der Waals surface area contributed by atoms with Crippen LogP contribution in [0.15, 0.2) is 194 Å². The molecule has 3 unspecified atom stereocenters. The lowest BCUT2D eigenvalue weighted by Crippen LogP contribution is -2.39. The Hall–Kier alpha value is -6.89. The Morgan fingerprint density at radius 1 is 0.556 bits per heavy atom. The predicted octanol–water partition coefficient (Wildman–Crippen LogP) is 12.8. The van der Waals surface area contributed by atoms with Crippen LogP contribution in [0.3, 0.4) is 0 Å². The molecule has 7 aromatic carbocycles. The van der Waals surface area contributed by atoms with Gasteiger partial charge in [0.15, 0.2) is 0 Å². The van der Waals surface area contributed by atoms with E-state index in [4.69, 9.17) is 0 Å². The molecule has 0 fully saturated rings. The molecule has 0 bridgehead atoms. The normalized spacial score (nSPS) is 18.4. The van der Waals surface area contributed by atoms with Crippen LogP contribution in [-0.4, -0.2) is 4.57 Å². The van der Waals surface area contributed by atoms with Crippen LogP contribution >= 0.6 is 0 Å². The number of anilines is 3. The molecule has 0 amide bonds. The zero-order valence-corrected chi connectivity index (χ0v) is 30.0. The predicted molar refractivity (Wildman–Crippen MR) is 223 cm³/mol. The fourth-order valence-corrected chi connectivity index (χ4v) is 9.35. The van der Waals surface area contributed by atoms with Gasteiger partial charge in [0.1, 0.15) is 0 Å². The number of rotatable bonds is 6. The SMILES string of the molecule is CC1C=CC=CC1C1(c2ccccc2)c2ccccc2-c2ccc(N(c3ccc(C#N)cc3)c3ccc4c(c3)c3ccccc3n4-c3ccccc3)cc21. The third kappa shape index (κ3) is 4.74. The Kier molecular flexibility index (Phi) is 7.46. The van der Waals surface area contributed by atoms with E-state index in [0.717, 1.165) is 28.3 Å². The van der Waals surface area contributed by atoms with Gasteiger partial charge >= 0.3 is 0 Å². The lowest BCUT2D eigenvalue weighted by Gasteiger charge is -2.42. The highest BCUT2D eigenvalue weighted by Gasteiger charge is 2.50. The first-order valence-corrected chi connectivity index (χ1v) is 18.7. The van der Waals surface area contributed by atoms with Gasteiger partial charge in [-0.25, -0.2) is 0 Å². The molecular formula is C51H37N3. The van der Waals surface area contributed by atoms with Gasteiger partial charge in [-0.15, -0.1) is 0 Å².